The Morgan fingerprint density at radius 1 is 1.16 bits per heavy atom. The van der Waals surface area contributed by atoms with Crippen LogP contribution in [0.25, 0.3) is 5.52 Å². The molecule has 0 bridgehead atoms. The SMILES string of the molecule is COc1ccc(OCC2CN(Cc3nn4c(C5CCOCC5)ncc4c(=O)[nH]3)C2)cc1. The van der Waals surface area contributed by atoms with Gasteiger partial charge >= 0.3 is 0 Å². The topological polar surface area (TPSA) is 94.0 Å². The van der Waals surface area contributed by atoms with Gasteiger partial charge in [0.25, 0.3) is 5.56 Å². The van der Waals surface area contributed by atoms with E-state index >= 15 is 0 Å². The fourth-order valence-electron chi connectivity index (χ4n) is 4.28. The number of rotatable bonds is 7. The molecule has 0 spiro atoms. The molecule has 0 amide bonds. The van der Waals surface area contributed by atoms with Crippen LogP contribution in [0.4, 0.5) is 0 Å². The normalized spacial score (nSPS) is 18.2. The first-order valence-electron chi connectivity index (χ1n) is 10.7. The van der Waals surface area contributed by atoms with Gasteiger partial charge in [-0.05, 0) is 37.1 Å². The maximum atomic E-state index is 12.5. The largest absolute Gasteiger partial charge is 0.497 e. The summed E-state index contributed by atoms with van der Waals surface area (Å²) in [6.07, 6.45) is 3.44. The standard InChI is InChI=1S/C22H27N5O4/c1-29-17-2-4-18(5-3-17)31-14-15-11-26(12-15)13-20-24-22(28)19-10-23-21(27(19)25-20)16-6-8-30-9-7-16/h2-5,10,15-16H,6-9,11-14H2,1H3,(H,24,25,28). The van der Waals surface area contributed by atoms with E-state index < -0.39 is 0 Å². The van der Waals surface area contributed by atoms with E-state index in [4.69, 9.17) is 19.3 Å². The first-order chi connectivity index (χ1) is 15.2. The Hall–Kier alpha value is -2.91. The number of methoxy groups -OCH3 is 1. The minimum Gasteiger partial charge on any atom is -0.497 e. The molecule has 0 radical (unpaired) electrons. The van der Waals surface area contributed by atoms with Crippen molar-refractivity contribution in [3.63, 3.8) is 0 Å². The number of nitrogens with one attached hydrogen (secondary N) is 1. The summed E-state index contributed by atoms with van der Waals surface area (Å²) >= 11 is 0. The van der Waals surface area contributed by atoms with E-state index in [1.165, 1.54) is 0 Å². The predicted octanol–water partition coefficient (Wildman–Crippen LogP) is 1.83. The lowest BCUT2D eigenvalue weighted by atomic mass is 10.00. The predicted molar refractivity (Wildman–Crippen MR) is 114 cm³/mol. The van der Waals surface area contributed by atoms with E-state index in [1.54, 1.807) is 17.8 Å². The Morgan fingerprint density at radius 3 is 2.65 bits per heavy atom. The Morgan fingerprint density at radius 2 is 1.90 bits per heavy atom. The van der Waals surface area contributed by atoms with Gasteiger partial charge in [0.05, 0.1) is 26.5 Å². The number of ether oxygens (including phenoxy) is 3. The molecule has 5 rings (SSSR count). The molecule has 1 aromatic carbocycles. The minimum atomic E-state index is -0.143. The molecule has 9 nitrogen and oxygen atoms in total. The van der Waals surface area contributed by atoms with E-state index in [9.17, 15) is 4.79 Å². The molecule has 164 valence electrons. The van der Waals surface area contributed by atoms with Crippen molar-refractivity contribution in [2.24, 2.45) is 5.92 Å². The minimum absolute atomic E-state index is 0.143. The Labute approximate surface area is 179 Å². The summed E-state index contributed by atoms with van der Waals surface area (Å²) in [4.78, 5) is 22.2. The molecular weight excluding hydrogens is 398 g/mol. The molecule has 0 saturated carbocycles. The molecule has 2 saturated heterocycles. The smallest absolute Gasteiger partial charge is 0.276 e. The van der Waals surface area contributed by atoms with Crippen LogP contribution in [0.1, 0.15) is 30.4 Å². The molecule has 2 aliphatic rings. The fourth-order valence-corrected chi connectivity index (χ4v) is 4.28. The van der Waals surface area contributed by atoms with Gasteiger partial charge in [-0.25, -0.2) is 9.50 Å². The number of aromatic nitrogens is 4. The number of fused-ring (bicyclic) bond motifs is 1. The van der Waals surface area contributed by atoms with E-state index in [0.29, 0.717) is 30.4 Å². The molecule has 1 N–H and O–H groups in total. The van der Waals surface area contributed by atoms with Crippen LogP contribution in [-0.4, -0.2) is 64.5 Å². The number of aromatic amines is 1. The van der Waals surface area contributed by atoms with Gasteiger partial charge < -0.3 is 19.2 Å². The summed E-state index contributed by atoms with van der Waals surface area (Å²) in [6, 6.07) is 7.62. The zero-order valence-electron chi connectivity index (χ0n) is 17.6. The van der Waals surface area contributed by atoms with Crippen molar-refractivity contribution in [3.8, 4) is 11.5 Å². The maximum Gasteiger partial charge on any atom is 0.276 e. The Bertz CT molecular complexity index is 1080. The van der Waals surface area contributed by atoms with Gasteiger partial charge in [-0.1, -0.05) is 0 Å². The highest BCUT2D eigenvalue weighted by Gasteiger charge is 2.28. The zero-order chi connectivity index (χ0) is 21.2. The molecule has 9 heteroatoms. The monoisotopic (exact) mass is 425 g/mol. The number of H-pyrrole nitrogens is 1. The van der Waals surface area contributed by atoms with Crippen LogP contribution in [0.5, 0.6) is 11.5 Å². The third kappa shape index (κ3) is 4.28. The number of imidazole rings is 1. The Kier molecular flexibility index (Phi) is 5.61. The quantitative estimate of drug-likeness (QED) is 0.617. The van der Waals surface area contributed by atoms with Gasteiger partial charge in [0, 0.05) is 38.1 Å². The molecule has 0 unspecified atom stereocenters. The van der Waals surface area contributed by atoms with Crippen molar-refractivity contribution in [3.05, 3.63) is 52.5 Å². The van der Waals surface area contributed by atoms with Gasteiger partial charge in [0.2, 0.25) is 0 Å². The molecule has 0 aliphatic carbocycles. The third-order valence-electron chi connectivity index (χ3n) is 6.01. The second-order valence-electron chi connectivity index (χ2n) is 8.25. The lowest BCUT2D eigenvalue weighted by molar-refractivity contribution is 0.0532. The highest BCUT2D eigenvalue weighted by molar-refractivity contribution is 5.42. The lowest BCUT2D eigenvalue weighted by Gasteiger charge is -2.38. The number of likely N-dealkylation sites (tertiary alicyclic amines) is 1. The van der Waals surface area contributed by atoms with E-state index in [2.05, 4.69) is 14.9 Å². The van der Waals surface area contributed by atoms with Crippen molar-refractivity contribution < 1.29 is 14.2 Å². The first-order valence-corrected chi connectivity index (χ1v) is 10.7. The van der Waals surface area contributed by atoms with Gasteiger partial charge in [0.15, 0.2) is 5.52 Å². The molecule has 0 atom stereocenters. The summed E-state index contributed by atoms with van der Waals surface area (Å²) in [7, 11) is 1.65. The second kappa shape index (κ2) is 8.68. The average Bonchev–Trinajstić information content (AvgIpc) is 3.21. The number of nitrogens with zero attached hydrogens (tertiary/aromatic N) is 4. The molecule has 2 fully saturated rings. The van der Waals surface area contributed by atoms with Crippen molar-refractivity contribution in [1.29, 1.82) is 0 Å². The molecular formula is C22H27N5O4. The van der Waals surface area contributed by atoms with Crippen LogP contribution in [0, 0.1) is 5.92 Å². The molecule has 4 heterocycles. The summed E-state index contributed by atoms with van der Waals surface area (Å²) in [5.41, 5.74) is 0.357. The number of benzene rings is 1. The first kappa shape index (κ1) is 20.0. The van der Waals surface area contributed by atoms with E-state index in [-0.39, 0.29) is 11.5 Å². The lowest BCUT2D eigenvalue weighted by Crippen LogP contribution is -2.48. The number of hydrogen-bond donors (Lipinski definition) is 1. The number of hydrogen-bond acceptors (Lipinski definition) is 7. The van der Waals surface area contributed by atoms with Gasteiger partial charge in [-0.2, -0.15) is 5.10 Å². The van der Waals surface area contributed by atoms with Crippen LogP contribution in [0.2, 0.25) is 0 Å². The maximum absolute atomic E-state index is 12.5. The van der Waals surface area contributed by atoms with Crippen molar-refractivity contribution in [2.75, 3.05) is 40.0 Å². The van der Waals surface area contributed by atoms with Crippen LogP contribution < -0.4 is 15.0 Å². The zero-order valence-corrected chi connectivity index (χ0v) is 17.6. The summed E-state index contributed by atoms with van der Waals surface area (Å²) < 4.78 is 18.2. The van der Waals surface area contributed by atoms with Crippen molar-refractivity contribution in [1.82, 2.24) is 24.5 Å². The highest BCUT2D eigenvalue weighted by Crippen LogP contribution is 2.26. The van der Waals surface area contributed by atoms with Crippen LogP contribution >= 0.6 is 0 Å². The molecule has 2 aromatic heterocycles. The fraction of sp³-hybridized carbons (Fsp3) is 0.500. The van der Waals surface area contributed by atoms with E-state index in [1.807, 2.05) is 24.3 Å². The van der Waals surface area contributed by atoms with Crippen LogP contribution in [-0.2, 0) is 11.3 Å². The van der Waals surface area contributed by atoms with Crippen LogP contribution in [0.15, 0.2) is 35.3 Å². The van der Waals surface area contributed by atoms with Gasteiger partial charge in [-0.15, -0.1) is 0 Å². The average molecular weight is 425 g/mol. The molecule has 2 aliphatic heterocycles. The van der Waals surface area contributed by atoms with E-state index in [0.717, 1.165) is 56.5 Å². The third-order valence-corrected chi connectivity index (χ3v) is 6.01. The van der Waals surface area contributed by atoms with Gasteiger partial charge in [-0.3, -0.25) is 9.69 Å². The van der Waals surface area contributed by atoms with Crippen molar-refractivity contribution >= 4 is 5.52 Å². The summed E-state index contributed by atoms with van der Waals surface area (Å²) in [5.74, 6) is 3.93. The highest BCUT2D eigenvalue weighted by atomic mass is 16.5. The molecule has 31 heavy (non-hydrogen) atoms. The second-order valence-corrected chi connectivity index (χ2v) is 8.25. The van der Waals surface area contributed by atoms with Gasteiger partial charge in [0.1, 0.15) is 23.1 Å². The van der Waals surface area contributed by atoms with Crippen LogP contribution in [0.3, 0.4) is 0 Å². The molecule has 3 aromatic rings. The Balaban J connectivity index is 1.19. The van der Waals surface area contributed by atoms with Crippen molar-refractivity contribution in [2.45, 2.75) is 25.3 Å². The summed E-state index contributed by atoms with van der Waals surface area (Å²) in [6.45, 7) is 4.55. The summed E-state index contributed by atoms with van der Waals surface area (Å²) in [5, 5.41) is 4.70.